The third-order valence-corrected chi connectivity index (χ3v) is 3.24. The zero-order chi connectivity index (χ0) is 12.3. The Morgan fingerprint density at radius 3 is 2.76 bits per heavy atom. The van der Waals surface area contributed by atoms with E-state index in [1.165, 1.54) is 5.56 Å². The highest BCUT2D eigenvalue weighted by molar-refractivity contribution is 9.10. The van der Waals surface area contributed by atoms with E-state index in [0.29, 0.717) is 4.99 Å². The molecule has 1 aromatic heterocycles. The second-order valence-electron chi connectivity index (χ2n) is 3.65. The Hall–Kier alpha value is -1.26. The highest BCUT2D eigenvalue weighted by Crippen LogP contribution is 2.23. The first kappa shape index (κ1) is 12.2. The summed E-state index contributed by atoms with van der Waals surface area (Å²) in [7, 11) is 0. The quantitative estimate of drug-likeness (QED) is 0.851. The van der Waals surface area contributed by atoms with Crippen molar-refractivity contribution in [2.45, 2.75) is 6.92 Å². The predicted octanol–water partition coefficient (Wildman–Crippen LogP) is 3.94. The molecule has 0 bridgehead atoms. The molecule has 0 aliphatic heterocycles. The lowest BCUT2D eigenvalue weighted by Crippen LogP contribution is -2.12. The van der Waals surface area contributed by atoms with Crippen molar-refractivity contribution in [2.24, 2.45) is 0 Å². The van der Waals surface area contributed by atoms with Crippen molar-refractivity contribution in [1.82, 2.24) is 4.98 Å². The van der Waals surface area contributed by atoms with Gasteiger partial charge in [0.25, 0.3) is 0 Å². The molecule has 0 unspecified atom stereocenters. The van der Waals surface area contributed by atoms with E-state index in [9.17, 15) is 0 Å². The van der Waals surface area contributed by atoms with Crippen LogP contribution < -0.4 is 5.32 Å². The Morgan fingerprint density at radius 1 is 1.29 bits per heavy atom. The smallest absolute Gasteiger partial charge is 0.129 e. The first-order valence-electron chi connectivity index (χ1n) is 5.15. The molecule has 0 fully saturated rings. The molecule has 0 spiro atoms. The average Bonchev–Trinajstić information content (AvgIpc) is 2.34. The summed E-state index contributed by atoms with van der Waals surface area (Å²) < 4.78 is 0.996. The standard InChI is InChI=1S/C13H11BrN2S/c1-9-5-6-11(10(14)8-9)16-13(17)12-4-2-3-7-15-12/h2-8H,1H3,(H,16,17). The number of aryl methyl sites for hydroxylation is 1. The Balaban J connectivity index is 2.19. The number of hydrogen-bond acceptors (Lipinski definition) is 2. The van der Waals surface area contributed by atoms with E-state index in [-0.39, 0.29) is 0 Å². The van der Waals surface area contributed by atoms with E-state index in [2.05, 4.69) is 26.2 Å². The molecule has 1 aromatic carbocycles. The van der Waals surface area contributed by atoms with E-state index < -0.39 is 0 Å². The minimum absolute atomic E-state index is 0.621. The highest BCUT2D eigenvalue weighted by Gasteiger charge is 2.05. The van der Waals surface area contributed by atoms with Gasteiger partial charge in [-0.25, -0.2) is 0 Å². The summed E-state index contributed by atoms with van der Waals surface area (Å²) >= 11 is 8.81. The van der Waals surface area contributed by atoms with Gasteiger partial charge in [0, 0.05) is 10.7 Å². The fraction of sp³-hybridized carbons (Fsp3) is 0.0769. The summed E-state index contributed by atoms with van der Waals surface area (Å²) in [6.45, 7) is 2.05. The van der Waals surface area contributed by atoms with E-state index in [4.69, 9.17) is 12.2 Å². The molecule has 0 saturated heterocycles. The van der Waals surface area contributed by atoms with Gasteiger partial charge in [0.1, 0.15) is 4.99 Å². The fourth-order valence-corrected chi connectivity index (χ4v) is 2.23. The van der Waals surface area contributed by atoms with Crippen LogP contribution in [0.3, 0.4) is 0 Å². The minimum atomic E-state index is 0.621. The zero-order valence-electron chi connectivity index (χ0n) is 9.27. The van der Waals surface area contributed by atoms with Gasteiger partial charge in [0.2, 0.25) is 0 Å². The van der Waals surface area contributed by atoms with Crippen molar-refractivity contribution in [3.05, 3.63) is 58.3 Å². The van der Waals surface area contributed by atoms with Gasteiger partial charge in [-0.05, 0) is 52.7 Å². The van der Waals surface area contributed by atoms with Crippen LogP contribution in [0.4, 0.5) is 5.69 Å². The van der Waals surface area contributed by atoms with Crippen LogP contribution in [0.1, 0.15) is 11.3 Å². The van der Waals surface area contributed by atoms with Gasteiger partial charge < -0.3 is 5.32 Å². The van der Waals surface area contributed by atoms with Crippen LogP contribution in [0.2, 0.25) is 0 Å². The van der Waals surface area contributed by atoms with Crippen LogP contribution >= 0.6 is 28.1 Å². The molecule has 0 atom stereocenters. The highest BCUT2D eigenvalue weighted by atomic mass is 79.9. The number of thiocarbonyl (C=S) groups is 1. The largest absolute Gasteiger partial charge is 0.344 e. The number of nitrogens with one attached hydrogen (secondary N) is 1. The van der Waals surface area contributed by atoms with Crippen molar-refractivity contribution in [1.29, 1.82) is 0 Å². The lowest BCUT2D eigenvalue weighted by molar-refractivity contribution is 1.30. The number of nitrogens with zero attached hydrogens (tertiary/aromatic N) is 1. The monoisotopic (exact) mass is 306 g/mol. The van der Waals surface area contributed by atoms with E-state index in [1.54, 1.807) is 6.20 Å². The molecule has 0 saturated carbocycles. The fourth-order valence-electron chi connectivity index (χ4n) is 1.40. The van der Waals surface area contributed by atoms with Crippen LogP contribution in [0.15, 0.2) is 47.1 Å². The van der Waals surface area contributed by atoms with Gasteiger partial charge in [0.15, 0.2) is 0 Å². The SMILES string of the molecule is Cc1ccc(NC(=S)c2ccccn2)c(Br)c1. The Morgan fingerprint density at radius 2 is 2.12 bits per heavy atom. The summed E-state index contributed by atoms with van der Waals surface area (Å²) in [4.78, 5) is 4.82. The summed E-state index contributed by atoms with van der Waals surface area (Å²) in [5.41, 5.74) is 2.92. The van der Waals surface area contributed by atoms with Crippen molar-refractivity contribution >= 4 is 38.8 Å². The first-order chi connectivity index (χ1) is 8.16. The molecule has 0 aliphatic rings. The molecular weight excluding hydrogens is 296 g/mol. The van der Waals surface area contributed by atoms with Gasteiger partial charge in [-0.1, -0.05) is 24.4 Å². The maximum Gasteiger partial charge on any atom is 0.129 e. The molecular formula is C13H11BrN2S. The third kappa shape index (κ3) is 3.11. The molecule has 17 heavy (non-hydrogen) atoms. The van der Waals surface area contributed by atoms with Gasteiger partial charge in [-0.2, -0.15) is 0 Å². The Kier molecular flexibility index (Phi) is 3.86. The molecule has 0 radical (unpaired) electrons. The first-order valence-corrected chi connectivity index (χ1v) is 6.35. The van der Waals surface area contributed by atoms with Crippen molar-refractivity contribution in [3.8, 4) is 0 Å². The van der Waals surface area contributed by atoms with Crippen molar-refractivity contribution in [2.75, 3.05) is 5.32 Å². The maximum atomic E-state index is 5.30. The molecule has 86 valence electrons. The summed E-state index contributed by atoms with van der Waals surface area (Å²) in [6.07, 6.45) is 1.73. The Labute approximate surface area is 114 Å². The molecule has 0 amide bonds. The number of aromatic nitrogens is 1. The van der Waals surface area contributed by atoms with Gasteiger partial charge >= 0.3 is 0 Å². The normalized spacial score (nSPS) is 10.0. The molecule has 0 aliphatic carbocycles. The summed E-state index contributed by atoms with van der Waals surface area (Å²) in [5.74, 6) is 0. The van der Waals surface area contributed by atoms with Crippen molar-refractivity contribution in [3.63, 3.8) is 0 Å². The van der Waals surface area contributed by atoms with Crippen molar-refractivity contribution < 1.29 is 0 Å². The van der Waals surface area contributed by atoms with Gasteiger partial charge in [0.05, 0.1) is 11.4 Å². The third-order valence-electron chi connectivity index (χ3n) is 2.27. The molecule has 1 heterocycles. The van der Waals surface area contributed by atoms with E-state index >= 15 is 0 Å². The lowest BCUT2D eigenvalue weighted by atomic mass is 10.2. The van der Waals surface area contributed by atoms with Gasteiger partial charge in [-0.15, -0.1) is 0 Å². The maximum absolute atomic E-state index is 5.30. The van der Waals surface area contributed by atoms with Crippen LogP contribution in [-0.2, 0) is 0 Å². The van der Waals surface area contributed by atoms with Gasteiger partial charge in [-0.3, -0.25) is 4.98 Å². The average molecular weight is 307 g/mol. The second kappa shape index (κ2) is 5.38. The number of rotatable bonds is 2. The molecule has 2 rings (SSSR count). The summed E-state index contributed by atoms with van der Waals surface area (Å²) in [6, 6.07) is 11.7. The number of benzene rings is 1. The number of hydrogen-bond donors (Lipinski definition) is 1. The number of pyridine rings is 1. The zero-order valence-corrected chi connectivity index (χ0v) is 11.7. The van der Waals surface area contributed by atoms with E-state index in [1.807, 2.05) is 43.3 Å². The van der Waals surface area contributed by atoms with Crippen LogP contribution in [0, 0.1) is 6.92 Å². The van der Waals surface area contributed by atoms with Crippen LogP contribution in [0.25, 0.3) is 0 Å². The summed E-state index contributed by atoms with van der Waals surface area (Å²) in [5, 5.41) is 3.18. The molecule has 2 nitrogen and oxygen atoms in total. The number of halogens is 1. The second-order valence-corrected chi connectivity index (χ2v) is 4.91. The topological polar surface area (TPSA) is 24.9 Å². The lowest BCUT2D eigenvalue weighted by Gasteiger charge is -2.09. The molecule has 1 N–H and O–H groups in total. The predicted molar refractivity (Wildman–Crippen MR) is 78.4 cm³/mol. The van der Waals surface area contributed by atoms with Crippen LogP contribution in [0.5, 0.6) is 0 Å². The molecule has 2 aromatic rings. The van der Waals surface area contributed by atoms with Crippen LogP contribution in [-0.4, -0.2) is 9.97 Å². The molecule has 4 heteroatoms. The van der Waals surface area contributed by atoms with E-state index in [0.717, 1.165) is 15.9 Å². The minimum Gasteiger partial charge on any atom is -0.344 e. The Bertz CT molecular complexity index is 540. The number of anilines is 1.